The van der Waals surface area contributed by atoms with Gasteiger partial charge >= 0.3 is 6.18 Å². The van der Waals surface area contributed by atoms with E-state index in [0.29, 0.717) is 31.3 Å². The van der Waals surface area contributed by atoms with E-state index in [1.807, 2.05) is 55.5 Å². The Morgan fingerprint density at radius 1 is 0.927 bits per heavy atom. The molecule has 0 saturated carbocycles. The van der Waals surface area contributed by atoms with Crippen LogP contribution >= 0.6 is 0 Å². The van der Waals surface area contributed by atoms with Gasteiger partial charge in [0.15, 0.2) is 0 Å². The zero-order valence-corrected chi connectivity index (χ0v) is 23.4. The van der Waals surface area contributed by atoms with E-state index in [4.69, 9.17) is 14.7 Å². The van der Waals surface area contributed by atoms with Crippen molar-refractivity contribution >= 4 is 26.7 Å². The first-order valence-electron chi connectivity index (χ1n) is 13.1. The summed E-state index contributed by atoms with van der Waals surface area (Å²) in [6.07, 6.45) is -4.53. The fourth-order valence-corrected chi connectivity index (χ4v) is 6.33. The summed E-state index contributed by atoms with van der Waals surface area (Å²) in [5.74, 6) is 2.06. The van der Waals surface area contributed by atoms with Crippen molar-refractivity contribution in [3.8, 4) is 5.75 Å². The molecule has 4 aromatic rings. The van der Waals surface area contributed by atoms with Crippen LogP contribution in [0, 0.1) is 0 Å². The van der Waals surface area contributed by atoms with Gasteiger partial charge in [0.05, 0.1) is 29.1 Å². The van der Waals surface area contributed by atoms with E-state index in [0.717, 1.165) is 46.5 Å². The Morgan fingerprint density at radius 3 is 2.27 bits per heavy atom. The molecule has 1 aromatic heterocycles. The van der Waals surface area contributed by atoms with Gasteiger partial charge in [0, 0.05) is 43.7 Å². The number of halogens is 3. The van der Waals surface area contributed by atoms with Crippen LogP contribution in [0.3, 0.4) is 0 Å². The fourth-order valence-electron chi connectivity index (χ4n) is 4.90. The van der Waals surface area contributed by atoms with Crippen molar-refractivity contribution in [1.82, 2.24) is 19.2 Å². The molecule has 0 radical (unpaired) electrons. The lowest BCUT2D eigenvalue weighted by atomic mass is 10.1. The molecule has 41 heavy (non-hydrogen) atoms. The number of hydrogen-bond acceptors (Lipinski definition) is 7. The molecule has 0 aliphatic carbocycles. The summed E-state index contributed by atoms with van der Waals surface area (Å²) in [6.45, 7) is 3.70. The predicted octanol–water partition coefficient (Wildman–Crippen LogP) is 5.34. The van der Waals surface area contributed by atoms with Crippen molar-refractivity contribution in [3.63, 3.8) is 0 Å². The summed E-state index contributed by atoms with van der Waals surface area (Å²) in [6, 6.07) is 18.9. The van der Waals surface area contributed by atoms with Crippen LogP contribution in [-0.4, -0.2) is 60.9 Å². The number of ether oxygens (including phenoxy) is 1. The molecule has 3 aromatic carbocycles. The molecule has 1 saturated heterocycles. The maximum atomic E-state index is 13.1. The Bertz CT molecular complexity index is 1620. The van der Waals surface area contributed by atoms with Gasteiger partial charge in [-0.05, 0) is 49.4 Å². The first-order valence-corrected chi connectivity index (χ1v) is 14.6. The van der Waals surface area contributed by atoms with Gasteiger partial charge < -0.3 is 10.1 Å². The summed E-state index contributed by atoms with van der Waals surface area (Å²) < 4.78 is 71.7. The van der Waals surface area contributed by atoms with Crippen molar-refractivity contribution in [2.75, 3.05) is 38.6 Å². The van der Waals surface area contributed by atoms with Crippen molar-refractivity contribution < 1.29 is 26.3 Å². The Hall–Kier alpha value is -3.74. The highest BCUT2D eigenvalue weighted by Crippen LogP contribution is 2.31. The molecule has 216 valence electrons. The molecule has 1 fully saturated rings. The van der Waals surface area contributed by atoms with E-state index < -0.39 is 21.8 Å². The van der Waals surface area contributed by atoms with Gasteiger partial charge in [-0.25, -0.2) is 18.4 Å². The second-order valence-electron chi connectivity index (χ2n) is 9.75. The number of rotatable bonds is 8. The lowest BCUT2D eigenvalue weighted by molar-refractivity contribution is -0.137. The number of piperazine rings is 1. The minimum absolute atomic E-state index is 0.157. The average molecular weight is 586 g/mol. The lowest BCUT2D eigenvalue weighted by Gasteiger charge is -2.37. The van der Waals surface area contributed by atoms with Crippen molar-refractivity contribution in [2.45, 2.75) is 30.6 Å². The Balaban J connectivity index is 1.31. The van der Waals surface area contributed by atoms with Crippen LogP contribution < -0.4 is 10.1 Å². The number of alkyl halides is 3. The largest absolute Gasteiger partial charge is 0.496 e. The van der Waals surface area contributed by atoms with Crippen molar-refractivity contribution in [2.24, 2.45) is 0 Å². The molecule has 0 spiro atoms. The third kappa shape index (κ3) is 6.14. The highest BCUT2D eigenvalue weighted by molar-refractivity contribution is 7.89. The zero-order valence-electron chi connectivity index (χ0n) is 22.6. The standard InChI is InChI=1S/C29H30F3N5O3S/c1-20(36-15-17-37(18-16-36)41(38,39)23-13-11-22(12-14-23)29(30,31)32)27-34-25-9-5-4-8-24(25)28(35-27)33-19-21-7-3-6-10-26(21)40-2/h3-14,20H,15-19H2,1-2H3,(H,33,34,35). The van der Waals surface area contributed by atoms with Crippen LogP contribution in [-0.2, 0) is 22.7 Å². The van der Waals surface area contributed by atoms with E-state index in [9.17, 15) is 21.6 Å². The second-order valence-corrected chi connectivity index (χ2v) is 11.7. The molecular formula is C29H30F3N5O3S. The molecule has 1 atom stereocenters. The molecule has 1 aliphatic rings. The molecule has 2 heterocycles. The van der Waals surface area contributed by atoms with Gasteiger partial charge in [-0.1, -0.05) is 30.3 Å². The van der Waals surface area contributed by atoms with Crippen LogP contribution in [0.4, 0.5) is 19.0 Å². The van der Waals surface area contributed by atoms with Crippen molar-refractivity contribution in [1.29, 1.82) is 0 Å². The summed E-state index contributed by atoms with van der Waals surface area (Å²) in [5.41, 5.74) is 0.885. The summed E-state index contributed by atoms with van der Waals surface area (Å²) in [7, 11) is -2.29. The quantitative estimate of drug-likeness (QED) is 0.299. The van der Waals surface area contributed by atoms with Gasteiger partial charge in [-0.3, -0.25) is 4.90 Å². The number of fused-ring (bicyclic) bond motifs is 1. The van der Waals surface area contributed by atoms with E-state index in [-0.39, 0.29) is 24.0 Å². The first kappa shape index (κ1) is 28.8. The summed E-state index contributed by atoms with van der Waals surface area (Å²) in [4.78, 5) is 11.6. The summed E-state index contributed by atoms with van der Waals surface area (Å²) >= 11 is 0. The first-order chi connectivity index (χ1) is 19.6. The highest BCUT2D eigenvalue weighted by Gasteiger charge is 2.33. The third-order valence-electron chi connectivity index (χ3n) is 7.27. The number of methoxy groups -OCH3 is 1. The zero-order chi connectivity index (χ0) is 29.2. The Kier molecular flexibility index (Phi) is 8.16. The predicted molar refractivity (Wildman–Crippen MR) is 150 cm³/mol. The van der Waals surface area contributed by atoms with Gasteiger partial charge in [0.2, 0.25) is 10.0 Å². The number of benzene rings is 3. The molecule has 0 bridgehead atoms. The van der Waals surface area contributed by atoms with Crippen LogP contribution in [0.1, 0.15) is 29.9 Å². The van der Waals surface area contributed by atoms with E-state index in [1.165, 1.54) is 4.31 Å². The van der Waals surface area contributed by atoms with E-state index in [1.54, 1.807) is 7.11 Å². The second kappa shape index (κ2) is 11.6. The fraction of sp³-hybridized carbons (Fsp3) is 0.310. The molecular weight excluding hydrogens is 555 g/mol. The minimum Gasteiger partial charge on any atom is -0.496 e. The smallest absolute Gasteiger partial charge is 0.416 e. The third-order valence-corrected chi connectivity index (χ3v) is 9.19. The lowest BCUT2D eigenvalue weighted by Crippen LogP contribution is -2.49. The van der Waals surface area contributed by atoms with Gasteiger partial charge in [-0.2, -0.15) is 17.5 Å². The van der Waals surface area contributed by atoms with Gasteiger partial charge in [-0.15, -0.1) is 0 Å². The number of hydrogen-bond donors (Lipinski definition) is 1. The molecule has 8 nitrogen and oxygen atoms in total. The number of anilines is 1. The number of nitrogens with zero attached hydrogens (tertiary/aromatic N) is 4. The van der Waals surface area contributed by atoms with Crippen LogP contribution in [0.5, 0.6) is 5.75 Å². The molecule has 12 heteroatoms. The molecule has 1 aliphatic heterocycles. The molecule has 1 N–H and O–H groups in total. The number of sulfonamides is 1. The molecule has 1 unspecified atom stereocenters. The molecule has 5 rings (SSSR count). The maximum absolute atomic E-state index is 13.1. The number of para-hydroxylation sites is 2. The highest BCUT2D eigenvalue weighted by atomic mass is 32.2. The Morgan fingerprint density at radius 2 is 1.59 bits per heavy atom. The number of aromatic nitrogens is 2. The number of nitrogens with one attached hydrogen (secondary N) is 1. The van der Waals surface area contributed by atoms with Crippen molar-refractivity contribution in [3.05, 3.63) is 89.7 Å². The normalized spacial score (nSPS) is 16.0. The van der Waals surface area contributed by atoms with Crippen LogP contribution in [0.15, 0.2) is 77.7 Å². The van der Waals surface area contributed by atoms with Crippen LogP contribution in [0.2, 0.25) is 0 Å². The monoisotopic (exact) mass is 585 g/mol. The Labute approximate surface area is 236 Å². The topological polar surface area (TPSA) is 87.7 Å². The van der Waals surface area contributed by atoms with Gasteiger partial charge in [0.25, 0.3) is 0 Å². The van der Waals surface area contributed by atoms with Crippen LogP contribution in [0.25, 0.3) is 10.9 Å². The van der Waals surface area contributed by atoms with E-state index in [2.05, 4.69) is 10.2 Å². The SMILES string of the molecule is COc1ccccc1CNc1nc(C(C)N2CCN(S(=O)(=O)c3ccc(C(F)(F)F)cc3)CC2)nc2ccccc12. The maximum Gasteiger partial charge on any atom is 0.416 e. The van der Waals surface area contributed by atoms with Gasteiger partial charge in [0.1, 0.15) is 17.4 Å². The van der Waals surface area contributed by atoms with E-state index >= 15 is 0 Å². The summed E-state index contributed by atoms with van der Waals surface area (Å²) in [5, 5.41) is 4.31. The minimum atomic E-state index is -4.53. The molecule has 0 amide bonds. The average Bonchev–Trinajstić information content (AvgIpc) is 2.99.